The van der Waals surface area contributed by atoms with Gasteiger partial charge in [-0.15, -0.1) is 11.8 Å². The minimum atomic E-state index is -0.410. The van der Waals surface area contributed by atoms with Crippen molar-refractivity contribution in [3.05, 3.63) is 69.8 Å². The van der Waals surface area contributed by atoms with Crippen LogP contribution >= 0.6 is 11.8 Å². The standard InChI is InChI=1S/C21H24N2O3S/c1-27-20-12-11-17(15-19(20)23(25)26)21(24)22(18-9-5-6-10-18)14-13-16-7-3-2-4-8-16/h2-4,7-8,11-12,15,18H,5-6,9-10,13-14H2,1H3. The molecule has 1 saturated carbocycles. The van der Waals surface area contributed by atoms with Crippen LogP contribution in [0.15, 0.2) is 53.4 Å². The molecule has 5 nitrogen and oxygen atoms in total. The minimum Gasteiger partial charge on any atom is -0.335 e. The van der Waals surface area contributed by atoms with E-state index in [2.05, 4.69) is 12.1 Å². The van der Waals surface area contributed by atoms with Crippen LogP contribution in [0.3, 0.4) is 0 Å². The fraction of sp³-hybridized carbons (Fsp3) is 0.381. The van der Waals surface area contributed by atoms with E-state index in [0.29, 0.717) is 17.0 Å². The molecule has 142 valence electrons. The van der Waals surface area contributed by atoms with E-state index >= 15 is 0 Å². The molecule has 0 aromatic heterocycles. The summed E-state index contributed by atoms with van der Waals surface area (Å²) in [6.07, 6.45) is 6.86. The van der Waals surface area contributed by atoms with Crippen molar-refractivity contribution in [1.29, 1.82) is 0 Å². The quantitative estimate of drug-likeness (QED) is 0.385. The third-order valence-corrected chi connectivity index (χ3v) is 5.92. The van der Waals surface area contributed by atoms with Gasteiger partial charge in [-0.05, 0) is 43.2 Å². The molecule has 1 aliphatic carbocycles. The molecule has 6 heteroatoms. The summed E-state index contributed by atoms with van der Waals surface area (Å²) >= 11 is 1.32. The zero-order valence-corrected chi connectivity index (χ0v) is 16.3. The first-order chi connectivity index (χ1) is 13.1. The van der Waals surface area contributed by atoms with E-state index in [9.17, 15) is 14.9 Å². The van der Waals surface area contributed by atoms with Gasteiger partial charge in [0.1, 0.15) is 0 Å². The second-order valence-corrected chi connectivity index (χ2v) is 7.66. The molecule has 2 aromatic carbocycles. The topological polar surface area (TPSA) is 63.5 Å². The predicted octanol–water partition coefficient (Wildman–Crippen LogP) is 4.94. The molecule has 0 radical (unpaired) electrons. The molecule has 0 unspecified atom stereocenters. The zero-order chi connectivity index (χ0) is 19.2. The van der Waals surface area contributed by atoms with E-state index in [1.165, 1.54) is 23.4 Å². The van der Waals surface area contributed by atoms with E-state index in [1.807, 2.05) is 23.1 Å². The molecule has 0 bridgehead atoms. The lowest BCUT2D eigenvalue weighted by molar-refractivity contribution is -0.387. The van der Waals surface area contributed by atoms with Crippen LogP contribution in [0.1, 0.15) is 41.6 Å². The third kappa shape index (κ3) is 4.69. The minimum absolute atomic E-state index is 0.00258. The molecule has 0 aliphatic heterocycles. The lowest BCUT2D eigenvalue weighted by atomic mass is 10.1. The second-order valence-electron chi connectivity index (χ2n) is 6.82. The van der Waals surface area contributed by atoms with Crippen molar-refractivity contribution < 1.29 is 9.72 Å². The average Bonchev–Trinajstić information content (AvgIpc) is 3.22. The number of carbonyl (C=O) groups excluding carboxylic acids is 1. The number of nitrogens with zero attached hydrogens (tertiary/aromatic N) is 2. The number of hydrogen-bond donors (Lipinski definition) is 0. The Balaban J connectivity index is 1.84. The van der Waals surface area contributed by atoms with Crippen LogP contribution in [0.2, 0.25) is 0 Å². The fourth-order valence-electron chi connectivity index (χ4n) is 3.69. The van der Waals surface area contributed by atoms with Gasteiger partial charge in [-0.25, -0.2) is 0 Å². The molecule has 0 heterocycles. The van der Waals surface area contributed by atoms with Crippen LogP contribution in [0.25, 0.3) is 0 Å². The Labute approximate surface area is 163 Å². The molecule has 1 amide bonds. The Morgan fingerprint density at radius 3 is 2.52 bits per heavy atom. The number of amides is 1. The second kappa shape index (κ2) is 9.04. The summed E-state index contributed by atoms with van der Waals surface area (Å²) < 4.78 is 0. The maximum absolute atomic E-state index is 13.2. The maximum Gasteiger partial charge on any atom is 0.283 e. The number of nitro benzene ring substituents is 1. The maximum atomic E-state index is 13.2. The normalized spacial score (nSPS) is 14.3. The first-order valence-corrected chi connectivity index (χ1v) is 10.5. The lowest BCUT2D eigenvalue weighted by Gasteiger charge is -2.29. The Morgan fingerprint density at radius 2 is 1.89 bits per heavy atom. The molecule has 0 N–H and O–H groups in total. The van der Waals surface area contributed by atoms with Crippen LogP contribution in [0.5, 0.6) is 0 Å². The summed E-state index contributed by atoms with van der Waals surface area (Å²) in [6.45, 7) is 0.631. The Kier molecular flexibility index (Phi) is 6.50. The van der Waals surface area contributed by atoms with E-state index < -0.39 is 4.92 Å². The number of rotatable bonds is 7. The highest BCUT2D eigenvalue weighted by atomic mass is 32.2. The fourth-order valence-corrected chi connectivity index (χ4v) is 4.24. The number of carbonyl (C=O) groups is 1. The molecule has 0 spiro atoms. The number of hydrogen-bond acceptors (Lipinski definition) is 4. The van der Waals surface area contributed by atoms with Crippen LogP contribution in [-0.4, -0.2) is 34.6 Å². The van der Waals surface area contributed by atoms with Gasteiger partial charge in [0.25, 0.3) is 11.6 Å². The highest BCUT2D eigenvalue weighted by Gasteiger charge is 2.28. The molecule has 0 saturated heterocycles. The largest absolute Gasteiger partial charge is 0.335 e. The molecule has 3 rings (SSSR count). The predicted molar refractivity (Wildman–Crippen MR) is 108 cm³/mol. The molecule has 2 aromatic rings. The summed E-state index contributed by atoms with van der Waals surface area (Å²) in [6, 6.07) is 15.2. The van der Waals surface area contributed by atoms with Crippen molar-refractivity contribution in [3.63, 3.8) is 0 Å². The van der Waals surface area contributed by atoms with Crippen molar-refractivity contribution in [1.82, 2.24) is 4.90 Å². The van der Waals surface area contributed by atoms with Crippen LogP contribution < -0.4 is 0 Å². The van der Waals surface area contributed by atoms with Gasteiger partial charge < -0.3 is 4.90 Å². The van der Waals surface area contributed by atoms with E-state index in [-0.39, 0.29) is 17.6 Å². The SMILES string of the molecule is CSc1ccc(C(=O)N(CCc2ccccc2)C2CCCC2)cc1[N+](=O)[O-]. The van der Waals surface area contributed by atoms with Crippen LogP contribution in [0, 0.1) is 10.1 Å². The van der Waals surface area contributed by atoms with Crippen molar-refractivity contribution in [2.75, 3.05) is 12.8 Å². The molecule has 0 atom stereocenters. The van der Waals surface area contributed by atoms with Gasteiger partial charge >= 0.3 is 0 Å². The van der Waals surface area contributed by atoms with Crippen LogP contribution in [-0.2, 0) is 6.42 Å². The Morgan fingerprint density at radius 1 is 1.19 bits per heavy atom. The van der Waals surface area contributed by atoms with Gasteiger partial charge in [-0.1, -0.05) is 43.2 Å². The Bertz CT molecular complexity index is 804. The van der Waals surface area contributed by atoms with Crippen molar-refractivity contribution in [3.8, 4) is 0 Å². The molecule has 1 fully saturated rings. The smallest absolute Gasteiger partial charge is 0.283 e. The highest BCUT2D eigenvalue weighted by Crippen LogP contribution is 2.30. The molecule has 27 heavy (non-hydrogen) atoms. The van der Waals surface area contributed by atoms with Crippen molar-refractivity contribution in [2.45, 2.75) is 43.0 Å². The van der Waals surface area contributed by atoms with Crippen molar-refractivity contribution >= 4 is 23.4 Å². The monoisotopic (exact) mass is 384 g/mol. The van der Waals surface area contributed by atoms with Gasteiger partial charge in [-0.3, -0.25) is 14.9 Å². The first kappa shape index (κ1) is 19.4. The van der Waals surface area contributed by atoms with Gasteiger partial charge in [0.05, 0.1) is 9.82 Å². The molecule has 1 aliphatic rings. The summed E-state index contributed by atoms with van der Waals surface area (Å²) in [5.41, 5.74) is 1.60. The zero-order valence-electron chi connectivity index (χ0n) is 15.5. The van der Waals surface area contributed by atoms with Gasteiger partial charge in [-0.2, -0.15) is 0 Å². The molecular weight excluding hydrogens is 360 g/mol. The van der Waals surface area contributed by atoms with E-state index in [1.54, 1.807) is 18.4 Å². The summed E-state index contributed by atoms with van der Waals surface area (Å²) in [4.78, 5) is 26.7. The van der Waals surface area contributed by atoms with Crippen LogP contribution in [0.4, 0.5) is 5.69 Å². The summed E-state index contributed by atoms with van der Waals surface area (Å²) in [5.74, 6) is -0.103. The third-order valence-electron chi connectivity index (χ3n) is 5.13. The van der Waals surface area contributed by atoms with Gasteiger partial charge in [0.15, 0.2) is 0 Å². The highest BCUT2D eigenvalue weighted by molar-refractivity contribution is 7.98. The van der Waals surface area contributed by atoms with Gasteiger partial charge in [0.2, 0.25) is 0 Å². The number of thioether (sulfide) groups is 1. The average molecular weight is 385 g/mol. The summed E-state index contributed by atoms with van der Waals surface area (Å²) in [7, 11) is 0. The van der Waals surface area contributed by atoms with Crippen molar-refractivity contribution in [2.24, 2.45) is 0 Å². The van der Waals surface area contributed by atoms with E-state index in [0.717, 1.165) is 32.1 Å². The van der Waals surface area contributed by atoms with E-state index in [4.69, 9.17) is 0 Å². The number of nitro groups is 1. The Hall–Kier alpha value is -2.34. The first-order valence-electron chi connectivity index (χ1n) is 9.27. The summed E-state index contributed by atoms with van der Waals surface area (Å²) in [5, 5.41) is 11.4. The molecular formula is C21H24N2O3S. The number of benzene rings is 2. The van der Waals surface area contributed by atoms with Gasteiger partial charge in [0, 0.05) is 24.2 Å². The lowest BCUT2D eigenvalue weighted by Crippen LogP contribution is -2.40.